The zero-order chi connectivity index (χ0) is 21.4. The normalized spacial score (nSPS) is 11.9. The van der Waals surface area contributed by atoms with Gasteiger partial charge in [-0.15, -0.1) is 0 Å². The van der Waals surface area contributed by atoms with Crippen molar-refractivity contribution in [1.82, 2.24) is 5.32 Å². The number of hydrogen-bond donors (Lipinski definition) is 3. The molecule has 4 N–H and O–H groups in total. The summed E-state index contributed by atoms with van der Waals surface area (Å²) < 4.78 is 0. The predicted octanol–water partition coefficient (Wildman–Crippen LogP) is 3.23. The second kappa shape index (κ2) is 11.0. The molecule has 0 saturated heterocycles. The summed E-state index contributed by atoms with van der Waals surface area (Å²) in [7, 11) is 0. The number of nitrogens with two attached hydrogens (primary N) is 1. The first-order chi connectivity index (χ1) is 13.8. The third kappa shape index (κ3) is 6.87. The fraction of sp³-hybridized carbons (Fsp3) is 0.391. The van der Waals surface area contributed by atoms with Crippen LogP contribution >= 0.6 is 11.6 Å². The molecule has 0 saturated carbocycles. The maximum atomic E-state index is 12.2. The maximum absolute atomic E-state index is 12.2. The highest BCUT2D eigenvalue weighted by Crippen LogP contribution is 2.22. The van der Waals surface area contributed by atoms with Gasteiger partial charge in [-0.05, 0) is 36.6 Å². The summed E-state index contributed by atoms with van der Waals surface area (Å²) in [5.74, 6) is -0.0672. The van der Waals surface area contributed by atoms with Crippen molar-refractivity contribution in [3.8, 4) is 0 Å². The lowest BCUT2D eigenvalue weighted by atomic mass is 9.95. The van der Waals surface area contributed by atoms with E-state index in [-0.39, 0.29) is 30.9 Å². The summed E-state index contributed by atoms with van der Waals surface area (Å²) in [4.78, 5) is 24.4. The topological polar surface area (TPSA) is 74.8 Å². The number of nitrogens with one attached hydrogen (secondary N) is 2. The summed E-state index contributed by atoms with van der Waals surface area (Å²) in [5.41, 5.74) is 3.96. The predicted molar refractivity (Wildman–Crippen MR) is 118 cm³/mol. The monoisotopic (exact) mass is 416 g/mol. The van der Waals surface area contributed by atoms with Crippen LogP contribution in [0.2, 0.25) is 5.02 Å². The van der Waals surface area contributed by atoms with Crippen LogP contribution in [0.3, 0.4) is 0 Å². The lowest BCUT2D eigenvalue weighted by molar-refractivity contribution is -0.692. The summed E-state index contributed by atoms with van der Waals surface area (Å²) in [6.07, 6.45) is 1.01. The van der Waals surface area contributed by atoms with E-state index < -0.39 is 0 Å². The van der Waals surface area contributed by atoms with E-state index in [1.807, 2.05) is 12.2 Å². The molecule has 5 nitrogen and oxygen atoms in total. The molecule has 2 rings (SSSR count). The number of amides is 2. The first-order valence-corrected chi connectivity index (χ1v) is 10.4. The fourth-order valence-corrected chi connectivity index (χ4v) is 3.37. The third-order valence-corrected chi connectivity index (χ3v) is 5.45. The molecule has 0 unspecified atom stereocenters. The van der Waals surface area contributed by atoms with Gasteiger partial charge in [0.15, 0.2) is 6.54 Å². The van der Waals surface area contributed by atoms with Crippen molar-refractivity contribution in [1.29, 1.82) is 0 Å². The number of rotatable bonds is 9. The number of carbonyl (C=O) groups excluding carboxylic acids is 2. The van der Waals surface area contributed by atoms with Gasteiger partial charge in [-0.3, -0.25) is 9.59 Å². The van der Waals surface area contributed by atoms with Crippen LogP contribution in [-0.4, -0.2) is 24.9 Å². The second-order valence-electron chi connectivity index (χ2n) is 7.54. The SMILES string of the molecule is CCc1ccc([C@H]([NH2+]CC(=O)NCC(=O)Nc2cccc(Cl)c2C)C(C)C)cc1. The average molecular weight is 417 g/mol. The van der Waals surface area contributed by atoms with Gasteiger partial charge < -0.3 is 16.0 Å². The van der Waals surface area contributed by atoms with Gasteiger partial charge in [-0.1, -0.05) is 62.7 Å². The van der Waals surface area contributed by atoms with Crippen molar-refractivity contribution >= 4 is 29.1 Å². The van der Waals surface area contributed by atoms with Crippen LogP contribution in [0.5, 0.6) is 0 Å². The molecule has 0 fully saturated rings. The van der Waals surface area contributed by atoms with E-state index in [0.29, 0.717) is 16.6 Å². The van der Waals surface area contributed by atoms with Crippen LogP contribution in [0, 0.1) is 12.8 Å². The summed E-state index contributed by atoms with van der Waals surface area (Å²) in [6.45, 7) is 8.46. The largest absolute Gasteiger partial charge is 0.342 e. The van der Waals surface area contributed by atoms with Crippen molar-refractivity contribution in [3.05, 3.63) is 64.2 Å². The van der Waals surface area contributed by atoms with Crippen LogP contribution in [-0.2, 0) is 16.0 Å². The molecule has 2 aromatic carbocycles. The summed E-state index contributed by atoms with van der Waals surface area (Å²) >= 11 is 6.06. The Morgan fingerprint density at radius 3 is 2.38 bits per heavy atom. The third-order valence-electron chi connectivity index (χ3n) is 5.04. The molecule has 0 spiro atoms. The van der Waals surface area contributed by atoms with Gasteiger partial charge in [0, 0.05) is 22.2 Å². The van der Waals surface area contributed by atoms with Gasteiger partial charge in [0.2, 0.25) is 5.91 Å². The number of halogens is 1. The minimum atomic E-state index is -0.278. The van der Waals surface area contributed by atoms with E-state index in [4.69, 9.17) is 11.6 Å². The average Bonchev–Trinajstić information content (AvgIpc) is 2.70. The molecule has 0 aliphatic rings. The molecular formula is C23H31ClN3O2+. The quantitative estimate of drug-likeness (QED) is 0.587. The molecule has 6 heteroatoms. The number of aryl methyl sites for hydroxylation is 1. The van der Waals surface area contributed by atoms with Crippen LogP contribution in [0.15, 0.2) is 42.5 Å². The molecule has 156 valence electrons. The summed E-state index contributed by atoms with van der Waals surface area (Å²) in [6, 6.07) is 14.1. The van der Waals surface area contributed by atoms with Crippen LogP contribution in [0.4, 0.5) is 5.69 Å². The molecule has 0 heterocycles. The van der Waals surface area contributed by atoms with Gasteiger partial charge in [0.1, 0.15) is 6.04 Å². The highest BCUT2D eigenvalue weighted by Gasteiger charge is 2.20. The fourth-order valence-electron chi connectivity index (χ4n) is 3.19. The van der Waals surface area contributed by atoms with Crippen LogP contribution < -0.4 is 16.0 Å². The van der Waals surface area contributed by atoms with Gasteiger partial charge in [-0.25, -0.2) is 0 Å². The minimum absolute atomic E-state index is 0.0732. The lowest BCUT2D eigenvalue weighted by Gasteiger charge is -2.19. The second-order valence-corrected chi connectivity index (χ2v) is 7.95. The van der Waals surface area contributed by atoms with E-state index in [1.54, 1.807) is 18.2 Å². The van der Waals surface area contributed by atoms with Crippen molar-refractivity contribution in [2.45, 2.75) is 40.2 Å². The Kier molecular flexibility index (Phi) is 8.68. The minimum Gasteiger partial charge on any atom is -0.342 e. The zero-order valence-corrected chi connectivity index (χ0v) is 18.3. The number of benzene rings is 2. The molecule has 0 aromatic heterocycles. The van der Waals surface area contributed by atoms with E-state index in [0.717, 1.165) is 12.0 Å². The highest BCUT2D eigenvalue weighted by atomic mass is 35.5. The molecule has 2 aromatic rings. The molecule has 0 radical (unpaired) electrons. The molecule has 29 heavy (non-hydrogen) atoms. The lowest BCUT2D eigenvalue weighted by Crippen LogP contribution is -2.88. The highest BCUT2D eigenvalue weighted by molar-refractivity contribution is 6.31. The first-order valence-electron chi connectivity index (χ1n) is 10.1. The molecule has 0 aliphatic carbocycles. The maximum Gasteiger partial charge on any atom is 0.275 e. The van der Waals surface area contributed by atoms with Gasteiger partial charge in [0.25, 0.3) is 5.91 Å². The Hall–Kier alpha value is -2.37. The van der Waals surface area contributed by atoms with E-state index in [9.17, 15) is 9.59 Å². The van der Waals surface area contributed by atoms with E-state index in [2.05, 4.69) is 55.7 Å². The number of anilines is 1. The van der Waals surface area contributed by atoms with Crippen molar-refractivity contribution < 1.29 is 14.9 Å². The zero-order valence-electron chi connectivity index (χ0n) is 17.6. The molecule has 2 amide bonds. The van der Waals surface area contributed by atoms with E-state index >= 15 is 0 Å². The number of hydrogen-bond acceptors (Lipinski definition) is 2. The Labute approximate surface area is 178 Å². The summed E-state index contributed by atoms with van der Waals surface area (Å²) in [5, 5.41) is 8.08. The standard InChI is InChI=1S/C23H30ClN3O2/c1-5-17-9-11-18(12-10-17)23(15(2)3)26-13-21(28)25-14-22(29)27-20-8-6-7-19(24)16(20)4/h6-12,15,23,26H,5,13-14H2,1-4H3,(H,25,28)(H,27,29)/p+1/t23-/m1/s1. The Balaban J connectivity index is 1.84. The molecule has 0 aliphatic heterocycles. The Morgan fingerprint density at radius 1 is 1.07 bits per heavy atom. The first kappa shape index (κ1) is 22.9. The van der Waals surface area contributed by atoms with Crippen LogP contribution in [0.25, 0.3) is 0 Å². The van der Waals surface area contributed by atoms with Crippen molar-refractivity contribution in [2.24, 2.45) is 5.92 Å². The van der Waals surface area contributed by atoms with Gasteiger partial charge >= 0.3 is 0 Å². The van der Waals surface area contributed by atoms with Crippen LogP contribution in [0.1, 0.15) is 43.5 Å². The van der Waals surface area contributed by atoms with E-state index in [1.165, 1.54) is 11.1 Å². The van der Waals surface area contributed by atoms with Gasteiger partial charge in [-0.2, -0.15) is 0 Å². The number of carbonyl (C=O) groups is 2. The Bertz CT molecular complexity index is 835. The molecule has 1 atom stereocenters. The van der Waals surface area contributed by atoms with Gasteiger partial charge in [0.05, 0.1) is 6.54 Å². The number of quaternary nitrogens is 1. The molecular weight excluding hydrogens is 386 g/mol. The smallest absolute Gasteiger partial charge is 0.275 e. The molecule has 0 bridgehead atoms. The van der Waals surface area contributed by atoms with Crippen molar-refractivity contribution in [2.75, 3.05) is 18.4 Å². The Morgan fingerprint density at radius 2 is 1.76 bits per heavy atom. The van der Waals surface area contributed by atoms with Crippen molar-refractivity contribution in [3.63, 3.8) is 0 Å².